The van der Waals surface area contributed by atoms with Crippen molar-refractivity contribution in [3.8, 4) is 0 Å². The number of pyridine rings is 1. The summed E-state index contributed by atoms with van der Waals surface area (Å²) in [6.45, 7) is 0. The van der Waals surface area contributed by atoms with Crippen LogP contribution in [0.2, 0.25) is 0 Å². The SMILES string of the molecule is Nc1cc(CC2CCC(Cl)C2)ccn1. The van der Waals surface area contributed by atoms with Gasteiger partial charge in [0.15, 0.2) is 0 Å². The number of nitrogen functional groups attached to an aromatic ring is 1. The van der Waals surface area contributed by atoms with Crippen LogP contribution in [0.4, 0.5) is 5.82 Å². The minimum absolute atomic E-state index is 0.388. The van der Waals surface area contributed by atoms with Gasteiger partial charge in [-0.15, -0.1) is 11.6 Å². The maximum atomic E-state index is 6.07. The van der Waals surface area contributed by atoms with Crippen LogP contribution in [0.3, 0.4) is 0 Å². The van der Waals surface area contributed by atoms with E-state index in [1.165, 1.54) is 12.0 Å². The van der Waals surface area contributed by atoms with E-state index in [0.29, 0.717) is 11.2 Å². The van der Waals surface area contributed by atoms with Crippen LogP contribution in [0.5, 0.6) is 0 Å². The fourth-order valence-corrected chi connectivity index (χ4v) is 2.53. The number of rotatable bonds is 2. The van der Waals surface area contributed by atoms with E-state index in [-0.39, 0.29) is 0 Å². The second kappa shape index (κ2) is 4.18. The normalized spacial score (nSPS) is 26.6. The van der Waals surface area contributed by atoms with E-state index in [9.17, 15) is 0 Å². The first-order valence-electron chi connectivity index (χ1n) is 5.08. The zero-order chi connectivity index (χ0) is 9.97. The van der Waals surface area contributed by atoms with Crippen LogP contribution < -0.4 is 5.73 Å². The molecule has 2 unspecified atom stereocenters. The van der Waals surface area contributed by atoms with Gasteiger partial charge in [-0.25, -0.2) is 4.98 Å². The lowest BCUT2D eigenvalue weighted by Gasteiger charge is -2.08. The average molecular weight is 211 g/mol. The molecule has 1 fully saturated rings. The van der Waals surface area contributed by atoms with Crippen LogP contribution in [-0.4, -0.2) is 10.4 Å². The third-order valence-corrected chi connectivity index (χ3v) is 3.24. The summed E-state index contributed by atoms with van der Waals surface area (Å²) >= 11 is 6.07. The molecule has 0 aliphatic heterocycles. The monoisotopic (exact) mass is 210 g/mol. The van der Waals surface area contributed by atoms with Crippen molar-refractivity contribution in [2.24, 2.45) is 5.92 Å². The molecule has 0 bridgehead atoms. The molecule has 0 saturated heterocycles. The zero-order valence-corrected chi connectivity index (χ0v) is 8.87. The lowest BCUT2D eigenvalue weighted by molar-refractivity contribution is 0.547. The third kappa shape index (κ3) is 2.38. The molecule has 2 rings (SSSR count). The standard InChI is InChI=1S/C11H15ClN2/c12-10-2-1-8(6-10)5-9-3-4-14-11(13)7-9/h3-4,7-8,10H,1-2,5-6H2,(H2,13,14). The molecular formula is C11H15ClN2. The minimum Gasteiger partial charge on any atom is -0.384 e. The highest BCUT2D eigenvalue weighted by atomic mass is 35.5. The van der Waals surface area contributed by atoms with Crippen LogP contribution in [0, 0.1) is 5.92 Å². The predicted octanol–water partition coefficient (Wildman–Crippen LogP) is 2.61. The fourth-order valence-electron chi connectivity index (χ4n) is 2.15. The lowest BCUT2D eigenvalue weighted by Crippen LogP contribution is -2.01. The molecule has 1 aliphatic rings. The zero-order valence-electron chi connectivity index (χ0n) is 8.12. The van der Waals surface area contributed by atoms with Gasteiger partial charge in [0.05, 0.1) is 0 Å². The Hall–Kier alpha value is -0.760. The molecule has 1 aromatic rings. The van der Waals surface area contributed by atoms with E-state index in [0.717, 1.165) is 25.2 Å². The van der Waals surface area contributed by atoms with E-state index >= 15 is 0 Å². The molecule has 2 N–H and O–H groups in total. The number of nitrogens with zero attached hydrogens (tertiary/aromatic N) is 1. The Morgan fingerprint density at radius 2 is 2.36 bits per heavy atom. The van der Waals surface area contributed by atoms with Crippen LogP contribution in [-0.2, 0) is 6.42 Å². The van der Waals surface area contributed by atoms with Crippen molar-refractivity contribution in [2.45, 2.75) is 31.1 Å². The van der Waals surface area contributed by atoms with E-state index in [1.807, 2.05) is 12.1 Å². The van der Waals surface area contributed by atoms with Gasteiger partial charge in [-0.2, -0.15) is 0 Å². The van der Waals surface area contributed by atoms with Gasteiger partial charge in [-0.3, -0.25) is 0 Å². The molecule has 0 aromatic carbocycles. The lowest BCUT2D eigenvalue weighted by atomic mass is 9.99. The average Bonchev–Trinajstić information content (AvgIpc) is 2.51. The summed E-state index contributed by atoms with van der Waals surface area (Å²) < 4.78 is 0. The predicted molar refractivity (Wildman–Crippen MR) is 59.3 cm³/mol. The molecule has 3 heteroatoms. The molecule has 2 atom stereocenters. The summed E-state index contributed by atoms with van der Waals surface area (Å²) in [4.78, 5) is 3.98. The molecule has 0 radical (unpaired) electrons. The van der Waals surface area contributed by atoms with Crippen molar-refractivity contribution >= 4 is 17.4 Å². The Bertz CT molecular complexity index is 314. The van der Waals surface area contributed by atoms with E-state index < -0.39 is 0 Å². The van der Waals surface area contributed by atoms with Crippen molar-refractivity contribution in [3.63, 3.8) is 0 Å². The smallest absolute Gasteiger partial charge is 0.123 e. The number of hydrogen-bond donors (Lipinski definition) is 1. The molecule has 1 aliphatic carbocycles. The Labute approximate surface area is 89.5 Å². The van der Waals surface area contributed by atoms with Gasteiger partial charge in [0.2, 0.25) is 0 Å². The van der Waals surface area contributed by atoms with Gasteiger partial charge < -0.3 is 5.73 Å². The first-order valence-corrected chi connectivity index (χ1v) is 5.52. The summed E-state index contributed by atoms with van der Waals surface area (Å²) in [6, 6.07) is 4.00. The highest BCUT2D eigenvalue weighted by molar-refractivity contribution is 6.20. The maximum absolute atomic E-state index is 6.07. The highest BCUT2D eigenvalue weighted by Gasteiger charge is 2.22. The molecule has 1 saturated carbocycles. The number of halogens is 1. The van der Waals surface area contributed by atoms with Crippen LogP contribution >= 0.6 is 11.6 Å². The quantitative estimate of drug-likeness (QED) is 0.763. The Morgan fingerprint density at radius 1 is 1.50 bits per heavy atom. The van der Waals surface area contributed by atoms with Gasteiger partial charge in [0, 0.05) is 11.6 Å². The maximum Gasteiger partial charge on any atom is 0.123 e. The van der Waals surface area contributed by atoms with Crippen molar-refractivity contribution < 1.29 is 0 Å². The number of nitrogens with two attached hydrogens (primary N) is 1. The third-order valence-electron chi connectivity index (χ3n) is 2.85. The number of hydrogen-bond acceptors (Lipinski definition) is 2. The van der Waals surface area contributed by atoms with Crippen molar-refractivity contribution in [3.05, 3.63) is 23.9 Å². The van der Waals surface area contributed by atoms with Crippen molar-refractivity contribution in [1.29, 1.82) is 0 Å². The summed E-state index contributed by atoms with van der Waals surface area (Å²) in [5.74, 6) is 1.35. The molecule has 1 heterocycles. The van der Waals surface area contributed by atoms with Crippen molar-refractivity contribution in [1.82, 2.24) is 4.98 Å². The van der Waals surface area contributed by atoms with Crippen LogP contribution in [0.25, 0.3) is 0 Å². The summed E-state index contributed by atoms with van der Waals surface area (Å²) in [7, 11) is 0. The largest absolute Gasteiger partial charge is 0.384 e. The fraction of sp³-hybridized carbons (Fsp3) is 0.545. The molecular weight excluding hydrogens is 196 g/mol. The second-order valence-electron chi connectivity index (χ2n) is 4.07. The first kappa shape index (κ1) is 9.78. The van der Waals surface area contributed by atoms with Gasteiger partial charge in [-0.1, -0.05) is 0 Å². The van der Waals surface area contributed by atoms with Gasteiger partial charge in [0.25, 0.3) is 0 Å². The van der Waals surface area contributed by atoms with Gasteiger partial charge >= 0.3 is 0 Å². The Kier molecular flexibility index (Phi) is 2.92. The van der Waals surface area contributed by atoms with Crippen LogP contribution in [0.15, 0.2) is 18.3 Å². The summed E-state index contributed by atoms with van der Waals surface area (Å²) in [5.41, 5.74) is 6.91. The number of anilines is 1. The summed E-state index contributed by atoms with van der Waals surface area (Å²) in [6.07, 6.45) is 6.42. The van der Waals surface area contributed by atoms with Crippen molar-refractivity contribution in [2.75, 3.05) is 5.73 Å². The molecule has 0 amide bonds. The molecule has 14 heavy (non-hydrogen) atoms. The Morgan fingerprint density at radius 3 is 3.00 bits per heavy atom. The summed E-state index contributed by atoms with van der Waals surface area (Å²) in [5, 5.41) is 0.388. The molecule has 76 valence electrons. The van der Waals surface area contributed by atoms with Gasteiger partial charge in [-0.05, 0) is 49.3 Å². The highest BCUT2D eigenvalue weighted by Crippen LogP contribution is 2.31. The van der Waals surface area contributed by atoms with Crippen LogP contribution in [0.1, 0.15) is 24.8 Å². The minimum atomic E-state index is 0.388. The molecule has 2 nitrogen and oxygen atoms in total. The Balaban J connectivity index is 1.97. The van der Waals surface area contributed by atoms with E-state index in [1.54, 1.807) is 6.20 Å². The molecule has 1 aromatic heterocycles. The molecule has 0 spiro atoms. The topological polar surface area (TPSA) is 38.9 Å². The van der Waals surface area contributed by atoms with E-state index in [4.69, 9.17) is 17.3 Å². The van der Waals surface area contributed by atoms with E-state index in [2.05, 4.69) is 4.98 Å². The van der Waals surface area contributed by atoms with Gasteiger partial charge in [0.1, 0.15) is 5.82 Å². The number of aromatic nitrogens is 1. The number of alkyl halides is 1. The second-order valence-corrected chi connectivity index (χ2v) is 4.69. The first-order chi connectivity index (χ1) is 6.74.